The third-order valence-corrected chi connectivity index (χ3v) is 6.86. The SMILES string of the molecule is CCCCc1oc2ccccc2c1C=NOCCCOc1ccc(C(=O)O)c(NC(=O)c2ccc(C(C)(C)C)cc2)c1. The molecule has 0 fully saturated rings. The maximum atomic E-state index is 12.9. The second-order valence-electron chi connectivity index (χ2n) is 11.1. The maximum absolute atomic E-state index is 12.9. The molecule has 0 spiro atoms. The third kappa shape index (κ3) is 7.78. The fraction of sp³-hybridized carbons (Fsp3) is 0.324. The minimum atomic E-state index is -1.14. The number of benzene rings is 3. The van der Waals surface area contributed by atoms with Gasteiger partial charge in [-0.3, -0.25) is 4.79 Å². The van der Waals surface area contributed by atoms with Crippen molar-refractivity contribution in [2.45, 2.75) is 58.8 Å². The second-order valence-corrected chi connectivity index (χ2v) is 11.1. The Bertz CT molecular complexity index is 1550. The van der Waals surface area contributed by atoms with Gasteiger partial charge in [-0.15, -0.1) is 0 Å². The zero-order valence-corrected chi connectivity index (χ0v) is 24.6. The van der Waals surface area contributed by atoms with Crippen molar-refractivity contribution in [3.05, 3.63) is 94.7 Å². The summed E-state index contributed by atoms with van der Waals surface area (Å²) < 4.78 is 11.8. The van der Waals surface area contributed by atoms with Gasteiger partial charge in [-0.05, 0) is 47.7 Å². The zero-order valence-electron chi connectivity index (χ0n) is 24.6. The van der Waals surface area contributed by atoms with Crippen LogP contribution in [0.3, 0.4) is 0 Å². The number of carbonyl (C=O) groups is 2. The molecule has 0 saturated heterocycles. The summed E-state index contributed by atoms with van der Waals surface area (Å²) in [5, 5.41) is 17.5. The molecule has 0 atom stereocenters. The molecule has 8 nitrogen and oxygen atoms in total. The van der Waals surface area contributed by atoms with Crippen molar-refractivity contribution >= 4 is 34.7 Å². The van der Waals surface area contributed by atoms with Gasteiger partial charge in [-0.25, -0.2) is 4.79 Å². The number of carboxylic acid groups (broad SMARTS) is 1. The van der Waals surface area contributed by atoms with Crippen LogP contribution in [0.25, 0.3) is 11.0 Å². The molecule has 1 heterocycles. The van der Waals surface area contributed by atoms with Crippen LogP contribution < -0.4 is 10.1 Å². The van der Waals surface area contributed by atoms with Crippen LogP contribution in [0, 0.1) is 0 Å². The molecule has 0 unspecified atom stereocenters. The molecule has 0 aliphatic carbocycles. The molecule has 4 aromatic rings. The molecule has 0 aliphatic rings. The van der Waals surface area contributed by atoms with Gasteiger partial charge in [-0.1, -0.05) is 69.6 Å². The number of ether oxygens (including phenoxy) is 1. The summed E-state index contributed by atoms with van der Waals surface area (Å²) in [7, 11) is 0. The lowest BCUT2D eigenvalue weighted by Crippen LogP contribution is -2.16. The number of unbranched alkanes of at least 4 members (excludes halogenated alkanes) is 1. The number of amides is 1. The van der Waals surface area contributed by atoms with E-state index in [1.54, 1.807) is 24.4 Å². The highest BCUT2D eigenvalue weighted by Crippen LogP contribution is 2.27. The predicted molar refractivity (Wildman–Crippen MR) is 165 cm³/mol. The minimum Gasteiger partial charge on any atom is -0.493 e. The van der Waals surface area contributed by atoms with Crippen molar-refractivity contribution in [3.8, 4) is 5.75 Å². The Morgan fingerprint density at radius 1 is 1.00 bits per heavy atom. The highest BCUT2D eigenvalue weighted by atomic mass is 16.6. The van der Waals surface area contributed by atoms with Gasteiger partial charge in [0.2, 0.25) is 0 Å². The molecular formula is C34H38N2O6. The van der Waals surface area contributed by atoms with Crippen LogP contribution >= 0.6 is 0 Å². The summed E-state index contributed by atoms with van der Waals surface area (Å²) in [6.45, 7) is 9.08. The van der Waals surface area contributed by atoms with Crippen molar-refractivity contribution in [3.63, 3.8) is 0 Å². The monoisotopic (exact) mass is 570 g/mol. The molecule has 1 amide bonds. The van der Waals surface area contributed by atoms with E-state index >= 15 is 0 Å². The average molecular weight is 571 g/mol. The molecule has 0 aliphatic heterocycles. The molecular weight excluding hydrogens is 532 g/mol. The van der Waals surface area contributed by atoms with E-state index in [1.165, 1.54) is 12.1 Å². The summed E-state index contributed by atoms with van der Waals surface area (Å²) in [4.78, 5) is 30.1. The molecule has 8 heteroatoms. The number of aryl methyl sites for hydroxylation is 1. The Labute approximate surface area is 246 Å². The smallest absolute Gasteiger partial charge is 0.337 e. The van der Waals surface area contributed by atoms with Crippen LogP contribution in [0.1, 0.15) is 84.6 Å². The van der Waals surface area contributed by atoms with Gasteiger partial charge in [0.25, 0.3) is 5.91 Å². The Balaban J connectivity index is 1.32. The average Bonchev–Trinajstić information content (AvgIpc) is 3.32. The second kappa shape index (κ2) is 13.9. The molecule has 3 aromatic carbocycles. The molecule has 2 N–H and O–H groups in total. The first-order chi connectivity index (χ1) is 20.2. The molecule has 1 aromatic heterocycles. The standard InChI is InChI=1S/C34H38N2O6/c1-5-6-11-31-28(26-10-7-8-12-30(26)42-31)22-35-41-20-9-19-40-25-17-18-27(33(38)39)29(21-25)36-32(37)23-13-15-24(16-14-23)34(2,3)4/h7-8,10,12-18,21-22H,5-6,9,11,19-20H2,1-4H3,(H,36,37)(H,38,39). The molecule has 4 rings (SSSR count). The number of furan rings is 1. The number of aromatic carboxylic acids is 1. The van der Waals surface area contributed by atoms with Crippen LogP contribution in [0.15, 0.2) is 76.3 Å². The van der Waals surface area contributed by atoms with Crippen molar-refractivity contribution in [1.82, 2.24) is 0 Å². The highest BCUT2D eigenvalue weighted by molar-refractivity contribution is 6.08. The first-order valence-corrected chi connectivity index (χ1v) is 14.2. The van der Waals surface area contributed by atoms with Crippen molar-refractivity contribution in [2.24, 2.45) is 5.16 Å². The fourth-order valence-corrected chi connectivity index (χ4v) is 4.46. The summed E-state index contributed by atoms with van der Waals surface area (Å²) in [5.74, 6) is -0.199. The minimum absolute atomic E-state index is 0.0234. The quantitative estimate of drug-likeness (QED) is 0.0962. The van der Waals surface area contributed by atoms with Gasteiger partial charge in [0.1, 0.15) is 23.7 Å². The summed E-state index contributed by atoms with van der Waals surface area (Å²) in [6.07, 6.45) is 5.19. The van der Waals surface area contributed by atoms with Gasteiger partial charge >= 0.3 is 5.97 Å². The number of nitrogens with one attached hydrogen (secondary N) is 1. The van der Waals surface area contributed by atoms with E-state index in [-0.39, 0.29) is 16.7 Å². The van der Waals surface area contributed by atoms with E-state index in [0.717, 1.165) is 47.1 Å². The molecule has 220 valence electrons. The normalized spacial score (nSPS) is 11.6. The number of nitrogens with zero attached hydrogens (tertiary/aromatic N) is 1. The molecule has 0 bridgehead atoms. The number of para-hydroxylation sites is 1. The van der Waals surface area contributed by atoms with Crippen molar-refractivity contribution < 1.29 is 28.7 Å². The van der Waals surface area contributed by atoms with Gasteiger partial charge < -0.3 is 24.4 Å². The van der Waals surface area contributed by atoms with E-state index in [0.29, 0.717) is 30.9 Å². The van der Waals surface area contributed by atoms with Crippen LogP contribution in [0.2, 0.25) is 0 Å². The lowest BCUT2D eigenvalue weighted by Gasteiger charge is -2.19. The maximum Gasteiger partial charge on any atom is 0.337 e. The molecule has 0 radical (unpaired) electrons. The summed E-state index contributed by atoms with van der Waals surface area (Å²) in [5.41, 5.74) is 3.41. The van der Waals surface area contributed by atoms with E-state index in [1.807, 2.05) is 36.4 Å². The fourth-order valence-electron chi connectivity index (χ4n) is 4.46. The molecule has 0 saturated carbocycles. The third-order valence-electron chi connectivity index (χ3n) is 6.86. The number of rotatable bonds is 13. The number of hydrogen-bond donors (Lipinski definition) is 2. The van der Waals surface area contributed by atoms with Crippen LogP contribution in [-0.4, -0.2) is 36.4 Å². The summed E-state index contributed by atoms with van der Waals surface area (Å²) >= 11 is 0. The summed E-state index contributed by atoms with van der Waals surface area (Å²) in [6, 6.07) is 19.7. The lowest BCUT2D eigenvalue weighted by molar-refractivity contribution is 0.0698. The lowest BCUT2D eigenvalue weighted by atomic mass is 9.86. The van der Waals surface area contributed by atoms with Crippen LogP contribution in [0.5, 0.6) is 5.75 Å². The van der Waals surface area contributed by atoms with Crippen molar-refractivity contribution in [1.29, 1.82) is 0 Å². The highest BCUT2D eigenvalue weighted by Gasteiger charge is 2.17. The molecule has 42 heavy (non-hydrogen) atoms. The van der Waals surface area contributed by atoms with Gasteiger partial charge in [0, 0.05) is 35.4 Å². The van der Waals surface area contributed by atoms with Crippen molar-refractivity contribution in [2.75, 3.05) is 18.5 Å². The van der Waals surface area contributed by atoms with Gasteiger partial charge in [-0.2, -0.15) is 0 Å². The van der Waals surface area contributed by atoms with E-state index < -0.39 is 11.9 Å². The first-order valence-electron chi connectivity index (χ1n) is 14.2. The number of fused-ring (bicyclic) bond motifs is 1. The first kappa shape index (κ1) is 30.4. The zero-order chi connectivity index (χ0) is 30.1. The number of carboxylic acids is 1. The Morgan fingerprint density at radius 2 is 1.76 bits per heavy atom. The number of carbonyl (C=O) groups excluding carboxylic acids is 1. The van der Waals surface area contributed by atoms with E-state index in [2.05, 4.69) is 38.2 Å². The largest absolute Gasteiger partial charge is 0.493 e. The van der Waals surface area contributed by atoms with Crippen LogP contribution in [-0.2, 0) is 16.7 Å². The number of oxime groups is 1. The van der Waals surface area contributed by atoms with Gasteiger partial charge in [0.15, 0.2) is 0 Å². The number of anilines is 1. The van der Waals surface area contributed by atoms with E-state index in [4.69, 9.17) is 14.0 Å². The van der Waals surface area contributed by atoms with Gasteiger partial charge in [0.05, 0.1) is 24.1 Å². The van der Waals surface area contributed by atoms with E-state index in [9.17, 15) is 14.7 Å². The van der Waals surface area contributed by atoms with Crippen LogP contribution in [0.4, 0.5) is 5.69 Å². The Kier molecular flexibility index (Phi) is 10.0. The Morgan fingerprint density at radius 3 is 2.48 bits per heavy atom. The topological polar surface area (TPSA) is 110 Å². The number of hydrogen-bond acceptors (Lipinski definition) is 6. The predicted octanol–water partition coefficient (Wildman–Crippen LogP) is 7.84. The Hall–Kier alpha value is -4.59.